The summed E-state index contributed by atoms with van der Waals surface area (Å²) in [6.45, 7) is 0.570. The summed E-state index contributed by atoms with van der Waals surface area (Å²) in [6.07, 6.45) is 1.15. The van der Waals surface area contributed by atoms with Gasteiger partial charge in [-0.1, -0.05) is 11.6 Å². The molecule has 1 aliphatic heterocycles. The second-order valence-electron chi connectivity index (χ2n) is 4.55. The third kappa shape index (κ3) is 3.04. The second kappa shape index (κ2) is 5.57. The van der Waals surface area contributed by atoms with Crippen LogP contribution in [0, 0.1) is 11.7 Å². The third-order valence-corrected chi connectivity index (χ3v) is 3.45. The number of rotatable bonds is 2. The summed E-state index contributed by atoms with van der Waals surface area (Å²) in [7, 11) is 0. The molecule has 4 nitrogen and oxygen atoms in total. The molecule has 1 aromatic carbocycles. The third-order valence-electron chi connectivity index (χ3n) is 3.22. The van der Waals surface area contributed by atoms with Crippen molar-refractivity contribution >= 4 is 23.5 Å². The molecule has 1 N–H and O–H groups in total. The number of halogens is 2. The lowest BCUT2D eigenvalue weighted by molar-refractivity contribution is -0.143. The molecule has 1 saturated heterocycles. The van der Waals surface area contributed by atoms with Crippen molar-refractivity contribution in [2.45, 2.75) is 12.8 Å². The fourth-order valence-electron chi connectivity index (χ4n) is 2.20. The van der Waals surface area contributed by atoms with E-state index in [1.807, 2.05) is 0 Å². The Balaban J connectivity index is 2.17. The summed E-state index contributed by atoms with van der Waals surface area (Å²) in [5, 5.41) is 9.19. The molecule has 1 atom stereocenters. The SMILES string of the molecule is O=C(O)C1CCCN(C(=O)c2ccc(Cl)cc2F)C1. The van der Waals surface area contributed by atoms with E-state index >= 15 is 0 Å². The number of carboxylic acids is 1. The normalized spacial score (nSPS) is 19.3. The van der Waals surface area contributed by atoms with Crippen molar-refractivity contribution < 1.29 is 19.1 Å². The fourth-order valence-corrected chi connectivity index (χ4v) is 2.36. The molecule has 1 fully saturated rings. The minimum Gasteiger partial charge on any atom is -0.481 e. The molecule has 1 heterocycles. The minimum absolute atomic E-state index is 0.0737. The van der Waals surface area contributed by atoms with Crippen molar-refractivity contribution in [3.63, 3.8) is 0 Å². The Morgan fingerprint density at radius 1 is 1.42 bits per heavy atom. The summed E-state index contributed by atoms with van der Waals surface area (Å²) in [4.78, 5) is 24.5. The van der Waals surface area contributed by atoms with Crippen LogP contribution in [-0.4, -0.2) is 35.0 Å². The zero-order valence-corrected chi connectivity index (χ0v) is 10.9. The van der Waals surface area contributed by atoms with Crippen molar-refractivity contribution in [3.05, 3.63) is 34.6 Å². The minimum atomic E-state index is -0.922. The van der Waals surface area contributed by atoms with E-state index in [9.17, 15) is 14.0 Å². The predicted molar refractivity (Wildman–Crippen MR) is 67.7 cm³/mol. The van der Waals surface area contributed by atoms with Crippen molar-refractivity contribution in [1.29, 1.82) is 0 Å². The van der Waals surface area contributed by atoms with Crippen LogP contribution in [0.15, 0.2) is 18.2 Å². The molecular weight excluding hydrogens is 273 g/mol. The Labute approximate surface area is 114 Å². The van der Waals surface area contributed by atoms with Crippen LogP contribution in [0.5, 0.6) is 0 Å². The number of hydrogen-bond acceptors (Lipinski definition) is 2. The standard InChI is InChI=1S/C13H13ClFNO3/c14-9-3-4-10(11(15)6-9)12(17)16-5-1-2-8(7-16)13(18)19/h3-4,6,8H,1-2,5,7H2,(H,18,19). The Kier molecular flexibility index (Phi) is 4.04. The van der Waals surface area contributed by atoms with Gasteiger partial charge in [0.1, 0.15) is 5.82 Å². The molecule has 1 aliphatic rings. The van der Waals surface area contributed by atoms with Gasteiger partial charge in [0.05, 0.1) is 11.5 Å². The van der Waals surface area contributed by atoms with Crippen molar-refractivity contribution in [2.24, 2.45) is 5.92 Å². The quantitative estimate of drug-likeness (QED) is 0.908. The molecule has 6 heteroatoms. The number of hydrogen-bond donors (Lipinski definition) is 1. The van der Waals surface area contributed by atoms with Gasteiger partial charge in [-0.05, 0) is 31.0 Å². The van der Waals surface area contributed by atoms with Gasteiger partial charge < -0.3 is 10.0 Å². The van der Waals surface area contributed by atoms with Crippen LogP contribution in [-0.2, 0) is 4.79 Å². The number of carboxylic acid groups (broad SMARTS) is 1. The zero-order valence-electron chi connectivity index (χ0n) is 10.1. The number of piperidine rings is 1. The number of nitrogens with zero attached hydrogens (tertiary/aromatic N) is 1. The van der Waals surface area contributed by atoms with Gasteiger partial charge in [0.2, 0.25) is 0 Å². The van der Waals surface area contributed by atoms with Gasteiger partial charge in [-0.25, -0.2) is 4.39 Å². The Bertz CT molecular complexity index is 521. The highest BCUT2D eigenvalue weighted by molar-refractivity contribution is 6.30. The number of aliphatic carboxylic acids is 1. The summed E-state index contributed by atoms with van der Waals surface area (Å²) in [5.41, 5.74) is -0.0737. The van der Waals surface area contributed by atoms with Gasteiger partial charge in [0.15, 0.2) is 0 Å². The van der Waals surface area contributed by atoms with Gasteiger partial charge in [-0.2, -0.15) is 0 Å². The lowest BCUT2D eigenvalue weighted by Gasteiger charge is -2.30. The van der Waals surface area contributed by atoms with Gasteiger partial charge >= 0.3 is 5.97 Å². The van der Waals surface area contributed by atoms with Crippen LogP contribution in [0.4, 0.5) is 4.39 Å². The fraction of sp³-hybridized carbons (Fsp3) is 0.385. The van der Waals surface area contributed by atoms with Crippen LogP contribution in [0.1, 0.15) is 23.2 Å². The average Bonchev–Trinajstić information content (AvgIpc) is 2.38. The van der Waals surface area contributed by atoms with Crippen LogP contribution in [0.2, 0.25) is 5.02 Å². The first kappa shape index (κ1) is 13.8. The van der Waals surface area contributed by atoms with E-state index in [0.29, 0.717) is 19.4 Å². The molecule has 2 rings (SSSR count). The highest BCUT2D eigenvalue weighted by Gasteiger charge is 2.29. The highest BCUT2D eigenvalue weighted by atomic mass is 35.5. The van der Waals surface area contributed by atoms with Gasteiger partial charge in [-0.3, -0.25) is 9.59 Å². The van der Waals surface area contributed by atoms with Gasteiger partial charge in [0, 0.05) is 18.1 Å². The lowest BCUT2D eigenvalue weighted by atomic mass is 9.97. The maximum atomic E-state index is 13.7. The first-order chi connectivity index (χ1) is 8.99. The Morgan fingerprint density at radius 3 is 2.79 bits per heavy atom. The number of amides is 1. The van der Waals surface area contributed by atoms with Gasteiger partial charge in [0.25, 0.3) is 5.91 Å². The monoisotopic (exact) mass is 285 g/mol. The topological polar surface area (TPSA) is 57.6 Å². The summed E-state index contributed by atoms with van der Waals surface area (Å²) in [5.74, 6) is -2.67. The maximum Gasteiger partial charge on any atom is 0.308 e. The summed E-state index contributed by atoms with van der Waals surface area (Å²) in [6, 6.07) is 3.84. The van der Waals surface area contributed by atoms with Crippen LogP contribution >= 0.6 is 11.6 Å². The van der Waals surface area contributed by atoms with Crippen molar-refractivity contribution in [3.8, 4) is 0 Å². The molecule has 1 unspecified atom stereocenters. The predicted octanol–water partition coefficient (Wildman–Crippen LogP) is 2.42. The highest BCUT2D eigenvalue weighted by Crippen LogP contribution is 2.21. The molecule has 0 bridgehead atoms. The van der Waals surface area contributed by atoms with Gasteiger partial charge in [-0.15, -0.1) is 0 Å². The summed E-state index contributed by atoms with van der Waals surface area (Å²) >= 11 is 5.63. The number of carbonyl (C=O) groups excluding carboxylic acids is 1. The number of carbonyl (C=O) groups is 2. The smallest absolute Gasteiger partial charge is 0.308 e. The molecule has 102 valence electrons. The van der Waals surface area contributed by atoms with Crippen molar-refractivity contribution in [1.82, 2.24) is 4.90 Å². The molecule has 0 saturated carbocycles. The molecule has 1 amide bonds. The molecule has 0 spiro atoms. The zero-order chi connectivity index (χ0) is 14.0. The summed E-state index contributed by atoms with van der Waals surface area (Å²) < 4.78 is 13.7. The van der Waals surface area contributed by atoms with E-state index in [-0.39, 0.29) is 17.1 Å². The molecular formula is C13H13ClFNO3. The van der Waals surface area contributed by atoms with E-state index in [1.165, 1.54) is 17.0 Å². The molecule has 1 aromatic rings. The molecule has 0 aromatic heterocycles. The first-order valence-corrected chi connectivity index (χ1v) is 6.34. The molecule has 0 radical (unpaired) electrons. The van der Waals surface area contributed by atoms with Crippen molar-refractivity contribution in [2.75, 3.05) is 13.1 Å². The van der Waals surface area contributed by atoms with E-state index in [0.717, 1.165) is 6.07 Å². The van der Waals surface area contributed by atoms with E-state index < -0.39 is 23.6 Å². The van der Waals surface area contributed by atoms with Crippen LogP contribution in [0.25, 0.3) is 0 Å². The number of likely N-dealkylation sites (tertiary alicyclic amines) is 1. The lowest BCUT2D eigenvalue weighted by Crippen LogP contribution is -2.42. The largest absolute Gasteiger partial charge is 0.481 e. The molecule has 19 heavy (non-hydrogen) atoms. The first-order valence-electron chi connectivity index (χ1n) is 5.96. The maximum absolute atomic E-state index is 13.7. The average molecular weight is 286 g/mol. The van der Waals surface area contributed by atoms with E-state index in [4.69, 9.17) is 16.7 Å². The second-order valence-corrected chi connectivity index (χ2v) is 4.99. The molecule has 0 aliphatic carbocycles. The van der Waals surface area contributed by atoms with Crippen LogP contribution in [0.3, 0.4) is 0 Å². The number of benzene rings is 1. The van der Waals surface area contributed by atoms with E-state index in [1.54, 1.807) is 0 Å². The Morgan fingerprint density at radius 2 is 2.16 bits per heavy atom. The van der Waals surface area contributed by atoms with Crippen LogP contribution < -0.4 is 0 Å². The Hall–Kier alpha value is -1.62. The van der Waals surface area contributed by atoms with E-state index in [2.05, 4.69) is 0 Å².